The molecule has 1 aliphatic rings. The van der Waals surface area contributed by atoms with Crippen LogP contribution in [0.25, 0.3) is 11.2 Å². The van der Waals surface area contributed by atoms with Crippen molar-refractivity contribution >= 4 is 40.4 Å². The Morgan fingerprint density at radius 3 is 2.47 bits per heavy atom. The van der Waals surface area contributed by atoms with Crippen molar-refractivity contribution in [2.75, 3.05) is 12.3 Å². The van der Waals surface area contributed by atoms with Gasteiger partial charge in [-0.05, 0) is 12.0 Å². The first-order valence-electron chi connectivity index (χ1n) is 7.80. The van der Waals surface area contributed by atoms with Crippen LogP contribution in [0.1, 0.15) is 12.5 Å². The molecule has 1 fully saturated rings. The Labute approximate surface area is 166 Å². The number of hydrogen-bond acceptors (Lipinski definition) is 10. The Morgan fingerprint density at radius 1 is 1.20 bits per heavy atom. The van der Waals surface area contributed by atoms with Crippen LogP contribution < -0.4 is 5.73 Å². The molecule has 0 aliphatic heterocycles. The lowest BCUT2D eigenvalue weighted by molar-refractivity contribution is 0.137. The van der Waals surface area contributed by atoms with Gasteiger partial charge in [0, 0.05) is 5.92 Å². The van der Waals surface area contributed by atoms with E-state index in [-0.39, 0.29) is 23.4 Å². The van der Waals surface area contributed by atoms with E-state index in [1.54, 1.807) is 0 Å². The van der Waals surface area contributed by atoms with Gasteiger partial charge in [-0.3, -0.25) is 4.52 Å². The van der Waals surface area contributed by atoms with Crippen LogP contribution in [0.5, 0.6) is 0 Å². The van der Waals surface area contributed by atoms with Gasteiger partial charge in [0.1, 0.15) is 5.52 Å². The molecule has 2 aromatic heterocycles. The monoisotopic (exact) mass is 489 g/mol. The van der Waals surface area contributed by atoms with Gasteiger partial charge in [-0.15, -0.1) is 0 Å². The molecule has 4 atom stereocenters. The third-order valence-electron chi connectivity index (χ3n) is 4.07. The van der Waals surface area contributed by atoms with Crippen molar-refractivity contribution < 1.29 is 50.8 Å². The zero-order valence-corrected chi connectivity index (χ0v) is 17.4. The standard InChI is InChI=1S/C11H15FN5O10P3/c1-5-6(3-25-29(21,22)27-30(23,24)26-28(18,19)20)2-7(5)17-4-14-8-9(13)15-11(12)16-10(8)17/h4,6-7H,1-3H2,(H,21,22)(H,23,24)(H2,13,15,16)(H2,18,19,20). The summed E-state index contributed by atoms with van der Waals surface area (Å²) in [6, 6.07) is -0.418. The second-order valence-corrected chi connectivity index (χ2v) is 10.5. The predicted octanol–water partition coefficient (Wildman–Crippen LogP) is 1.01. The molecule has 0 saturated heterocycles. The Balaban J connectivity index is 1.62. The first kappa shape index (κ1) is 23.1. The summed E-state index contributed by atoms with van der Waals surface area (Å²) in [6.45, 7) is 3.32. The zero-order chi connectivity index (χ0) is 22.5. The summed E-state index contributed by atoms with van der Waals surface area (Å²) in [5, 5.41) is 0. The average molecular weight is 489 g/mol. The maximum Gasteiger partial charge on any atom is 0.490 e. The van der Waals surface area contributed by atoms with Gasteiger partial charge >= 0.3 is 29.5 Å². The van der Waals surface area contributed by atoms with E-state index in [0.717, 1.165) is 0 Å². The van der Waals surface area contributed by atoms with E-state index in [1.165, 1.54) is 10.9 Å². The van der Waals surface area contributed by atoms with Gasteiger partial charge in [0.2, 0.25) is 0 Å². The number of imidazole rings is 1. The number of rotatable bonds is 8. The second-order valence-electron chi connectivity index (χ2n) is 6.11. The number of halogens is 1. The summed E-state index contributed by atoms with van der Waals surface area (Å²) >= 11 is 0. The number of phosphoric ester groups is 1. The molecule has 19 heteroatoms. The van der Waals surface area contributed by atoms with Gasteiger partial charge in [0.05, 0.1) is 19.0 Å². The van der Waals surface area contributed by atoms with Crippen molar-refractivity contribution in [2.24, 2.45) is 5.92 Å². The number of fused-ring (bicyclic) bond motifs is 1. The van der Waals surface area contributed by atoms with Crippen molar-refractivity contribution in [3.63, 3.8) is 0 Å². The molecular weight excluding hydrogens is 474 g/mol. The van der Waals surface area contributed by atoms with E-state index in [2.05, 4.69) is 34.7 Å². The Morgan fingerprint density at radius 2 is 1.87 bits per heavy atom. The Kier molecular flexibility index (Phi) is 6.04. The highest BCUT2D eigenvalue weighted by molar-refractivity contribution is 7.66. The molecule has 0 amide bonds. The summed E-state index contributed by atoms with van der Waals surface area (Å²) in [4.78, 5) is 46.6. The van der Waals surface area contributed by atoms with Crippen molar-refractivity contribution in [1.29, 1.82) is 0 Å². The fourth-order valence-electron chi connectivity index (χ4n) is 2.78. The lowest BCUT2D eigenvalue weighted by atomic mass is 9.76. The summed E-state index contributed by atoms with van der Waals surface area (Å²) in [5.41, 5.74) is 6.37. The Bertz CT molecular complexity index is 1150. The van der Waals surface area contributed by atoms with E-state index in [9.17, 15) is 23.0 Å². The molecule has 0 spiro atoms. The van der Waals surface area contributed by atoms with Crippen LogP contribution in [0.4, 0.5) is 10.2 Å². The molecule has 15 nitrogen and oxygen atoms in total. The number of nitrogens with two attached hydrogens (primary N) is 1. The molecule has 4 unspecified atom stereocenters. The normalized spacial score (nSPS) is 23.7. The van der Waals surface area contributed by atoms with Gasteiger partial charge in [0.15, 0.2) is 11.5 Å². The SMILES string of the molecule is C=C1C(COP(=O)(O)OP(=O)(O)OP(=O)(O)O)CC1n1cnc2c(N)nc(F)nc21. The number of hydrogen-bond donors (Lipinski definition) is 5. The summed E-state index contributed by atoms with van der Waals surface area (Å²) in [7, 11) is -16.3. The molecule has 6 N–H and O–H groups in total. The van der Waals surface area contributed by atoms with Crippen LogP contribution in [-0.4, -0.2) is 45.7 Å². The minimum absolute atomic E-state index is 0.123. The van der Waals surface area contributed by atoms with Crippen LogP contribution in [0.15, 0.2) is 18.5 Å². The number of nitrogen functional groups attached to an aromatic ring is 1. The first-order chi connectivity index (χ1) is 13.7. The molecule has 0 aromatic carbocycles. The van der Waals surface area contributed by atoms with E-state index in [4.69, 9.17) is 20.4 Å². The molecule has 0 radical (unpaired) electrons. The highest BCUT2D eigenvalue weighted by Crippen LogP contribution is 2.66. The smallest absolute Gasteiger partial charge is 0.382 e. The van der Waals surface area contributed by atoms with Crippen LogP contribution >= 0.6 is 23.5 Å². The van der Waals surface area contributed by atoms with E-state index < -0.39 is 48.1 Å². The van der Waals surface area contributed by atoms with E-state index in [1.807, 2.05) is 0 Å². The van der Waals surface area contributed by atoms with Crippen molar-refractivity contribution in [2.45, 2.75) is 12.5 Å². The molecule has 0 bridgehead atoms. The number of nitrogens with zero attached hydrogens (tertiary/aromatic N) is 4. The average Bonchev–Trinajstić information content (AvgIpc) is 2.93. The maximum atomic E-state index is 13.4. The van der Waals surface area contributed by atoms with Gasteiger partial charge < -0.3 is 29.9 Å². The summed E-state index contributed by atoms with van der Waals surface area (Å²) in [6.07, 6.45) is 0.589. The highest BCUT2D eigenvalue weighted by atomic mass is 31.3. The van der Waals surface area contributed by atoms with E-state index >= 15 is 0 Å². The lowest BCUT2D eigenvalue weighted by Gasteiger charge is -2.39. The van der Waals surface area contributed by atoms with Crippen LogP contribution in [0, 0.1) is 12.0 Å². The minimum atomic E-state index is -5.59. The van der Waals surface area contributed by atoms with Crippen LogP contribution in [0.2, 0.25) is 0 Å². The molecule has 166 valence electrons. The number of anilines is 1. The minimum Gasteiger partial charge on any atom is -0.382 e. The summed E-state index contributed by atoms with van der Waals surface area (Å²) < 4.78 is 60.4. The number of phosphoric acid groups is 3. The van der Waals surface area contributed by atoms with Crippen LogP contribution in [-0.2, 0) is 26.8 Å². The van der Waals surface area contributed by atoms with Crippen molar-refractivity contribution in [1.82, 2.24) is 19.5 Å². The van der Waals surface area contributed by atoms with Crippen molar-refractivity contribution in [3.05, 3.63) is 24.6 Å². The largest absolute Gasteiger partial charge is 0.490 e. The zero-order valence-electron chi connectivity index (χ0n) is 14.7. The summed E-state index contributed by atoms with van der Waals surface area (Å²) in [5.74, 6) is -0.660. The predicted molar refractivity (Wildman–Crippen MR) is 95.8 cm³/mol. The van der Waals surface area contributed by atoms with Gasteiger partial charge in [-0.1, -0.05) is 6.58 Å². The first-order valence-corrected chi connectivity index (χ1v) is 12.3. The topological polar surface area (TPSA) is 229 Å². The molecule has 1 aliphatic carbocycles. The molecule has 3 rings (SSSR count). The fourth-order valence-corrected chi connectivity index (χ4v) is 5.84. The van der Waals surface area contributed by atoms with Gasteiger partial charge in [-0.2, -0.15) is 23.0 Å². The fraction of sp³-hybridized carbons (Fsp3) is 0.364. The lowest BCUT2D eigenvalue weighted by Crippen LogP contribution is -2.32. The highest BCUT2D eigenvalue weighted by Gasteiger charge is 2.43. The van der Waals surface area contributed by atoms with Gasteiger partial charge in [-0.25, -0.2) is 18.7 Å². The third-order valence-corrected chi connectivity index (χ3v) is 7.87. The van der Waals surface area contributed by atoms with Gasteiger partial charge in [0.25, 0.3) is 0 Å². The second kappa shape index (κ2) is 7.84. The molecule has 30 heavy (non-hydrogen) atoms. The molecule has 2 aromatic rings. The molecular formula is C11H15FN5O10P3. The Hall–Kier alpha value is -1.57. The van der Waals surface area contributed by atoms with Crippen molar-refractivity contribution in [3.8, 4) is 0 Å². The maximum absolute atomic E-state index is 13.4. The number of aromatic nitrogens is 4. The third kappa shape index (κ3) is 5.18. The molecule has 2 heterocycles. The quantitative estimate of drug-likeness (QED) is 0.198. The van der Waals surface area contributed by atoms with E-state index in [0.29, 0.717) is 5.57 Å². The van der Waals surface area contributed by atoms with Crippen LogP contribution in [0.3, 0.4) is 0 Å². The molecule has 1 saturated carbocycles.